The summed E-state index contributed by atoms with van der Waals surface area (Å²) in [5, 5.41) is 46.6. The maximum atomic E-state index is 13.6. The number of hydrogen-bond acceptors (Lipinski definition) is 10. The molecule has 2 saturated heterocycles. The number of alkyl halides is 6. The van der Waals surface area contributed by atoms with Gasteiger partial charge in [-0.15, -0.1) is 0 Å². The molecule has 2 aliphatic heterocycles. The number of nitriles is 2. The fourth-order valence-corrected chi connectivity index (χ4v) is 9.72. The van der Waals surface area contributed by atoms with E-state index in [2.05, 4.69) is 55.8 Å². The number of amides is 4. The van der Waals surface area contributed by atoms with Crippen molar-refractivity contribution >= 4 is 80.6 Å². The van der Waals surface area contributed by atoms with Crippen LogP contribution in [0.4, 0.5) is 47.3 Å². The molecular weight excluding hydrogens is 1230 g/mol. The van der Waals surface area contributed by atoms with E-state index in [4.69, 9.17) is 20.0 Å². The summed E-state index contributed by atoms with van der Waals surface area (Å²) in [4.78, 5) is 55.1. The van der Waals surface area contributed by atoms with Gasteiger partial charge in [0.1, 0.15) is 22.4 Å². The van der Waals surface area contributed by atoms with E-state index in [0.29, 0.717) is 23.3 Å². The molecule has 0 bridgehead atoms. The van der Waals surface area contributed by atoms with Crippen molar-refractivity contribution in [1.29, 1.82) is 10.5 Å². The smallest absolute Gasteiger partial charge is 0.417 e. The number of aliphatic hydroxyl groups is 2. The predicted octanol–water partition coefficient (Wildman–Crippen LogP) is 11.5. The van der Waals surface area contributed by atoms with Crippen molar-refractivity contribution in [1.82, 2.24) is 9.80 Å². The number of carbonyl (C=O) groups excluding carboxylic acids is 4. The second-order valence-electron chi connectivity index (χ2n) is 20.6. The number of anilines is 2. The van der Waals surface area contributed by atoms with Crippen molar-refractivity contribution in [3.63, 3.8) is 0 Å². The minimum Gasteiger partial charge on any atom is -0.444 e. The highest BCUT2D eigenvalue weighted by atomic mass is 127. The SMILES string of the molecule is CC(C)(C)OC(=O)N1CCC(C(O)(Cc2ccc(I)cc2)C(=O)Nc2ccc(C#N)c(C(F)(F)F)c2)CC1.CC(C)(C)OC(=O)N1CCC(C(O)(Cc2ccccc2I)C(=O)Nc2ccc(C#N)c(C(F)(F)F)c2)CC1. The van der Waals surface area contributed by atoms with E-state index in [1.807, 2.05) is 24.3 Å². The molecule has 76 heavy (non-hydrogen) atoms. The van der Waals surface area contributed by atoms with E-state index in [0.717, 1.165) is 19.3 Å². The number of ether oxygens (including phenoxy) is 2. The third kappa shape index (κ3) is 16.4. The highest BCUT2D eigenvalue weighted by Gasteiger charge is 2.48. The van der Waals surface area contributed by atoms with Crippen LogP contribution in [-0.2, 0) is 44.3 Å². The van der Waals surface area contributed by atoms with Crippen LogP contribution in [0, 0.1) is 41.6 Å². The average molecular weight is 1290 g/mol. The van der Waals surface area contributed by atoms with Gasteiger partial charge in [0.2, 0.25) is 0 Å². The molecule has 4 amide bonds. The molecule has 0 radical (unpaired) electrons. The van der Waals surface area contributed by atoms with E-state index in [1.54, 1.807) is 65.8 Å². The van der Waals surface area contributed by atoms with Crippen LogP contribution in [0.1, 0.15) is 101 Å². The number of likely N-dealkylation sites (tertiary alicyclic amines) is 2. The molecule has 408 valence electrons. The number of carbonyl (C=O) groups is 4. The highest BCUT2D eigenvalue weighted by molar-refractivity contribution is 14.1. The Kier molecular flexibility index (Phi) is 19.9. The number of piperidine rings is 2. The van der Waals surface area contributed by atoms with E-state index in [1.165, 1.54) is 34.1 Å². The fourth-order valence-electron chi connectivity index (χ4n) is 8.78. The molecule has 2 unspecified atom stereocenters. The Hall–Kier alpha value is -5.70. The van der Waals surface area contributed by atoms with Gasteiger partial charge in [-0.05, 0) is 178 Å². The molecule has 4 N–H and O–H groups in total. The Labute approximate surface area is 464 Å². The molecule has 0 aromatic heterocycles. The molecule has 0 aliphatic carbocycles. The standard InChI is InChI=1S/2C27H29F3IN3O4/c1-25(2,3)38-24(36)34-12-10-19(11-13-34)26(37,15-17-4-7-20(31)8-5-17)23(35)33-21-9-6-18(16-32)22(14-21)27(28,29)30;1-25(2,3)38-24(36)34-12-10-19(11-13-34)26(37,15-17-6-4-5-7-22(17)31)23(35)33-20-9-8-18(16-32)21(14-20)27(28,29)30/h2*4-9,14,19,37H,10-13,15H2,1-3H3,(H,33,35). The summed E-state index contributed by atoms with van der Waals surface area (Å²) in [6, 6.07) is 23.2. The largest absolute Gasteiger partial charge is 0.444 e. The molecule has 2 aliphatic rings. The third-order valence-electron chi connectivity index (χ3n) is 12.6. The van der Waals surface area contributed by atoms with Crippen molar-refractivity contribution in [3.05, 3.63) is 125 Å². The molecule has 22 heteroatoms. The van der Waals surface area contributed by atoms with Crippen molar-refractivity contribution in [3.8, 4) is 12.1 Å². The molecule has 14 nitrogen and oxygen atoms in total. The molecule has 0 saturated carbocycles. The quantitative estimate of drug-likeness (QED) is 0.0873. The van der Waals surface area contributed by atoms with Gasteiger partial charge in [-0.1, -0.05) is 30.3 Å². The molecule has 2 heterocycles. The first kappa shape index (κ1) is 61.2. The van der Waals surface area contributed by atoms with Gasteiger partial charge in [-0.2, -0.15) is 36.9 Å². The minimum absolute atomic E-state index is 0.0720. The van der Waals surface area contributed by atoms with E-state index < -0.39 is 92.8 Å². The Bertz CT molecular complexity index is 2830. The summed E-state index contributed by atoms with van der Waals surface area (Å²) in [5.74, 6) is -2.88. The second kappa shape index (κ2) is 24.7. The summed E-state index contributed by atoms with van der Waals surface area (Å²) < 4.78 is 93.3. The number of halogens is 8. The van der Waals surface area contributed by atoms with Crippen LogP contribution in [0.25, 0.3) is 0 Å². The summed E-state index contributed by atoms with van der Waals surface area (Å²) in [6.07, 6.45) is -9.57. The van der Waals surface area contributed by atoms with Crippen LogP contribution in [0.3, 0.4) is 0 Å². The zero-order chi connectivity index (χ0) is 56.6. The lowest BCUT2D eigenvalue weighted by Crippen LogP contribution is -2.55. The van der Waals surface area contributed by atoms with Gasteiger partial charge in [0, 0.05) is 69.4 Å². The summed E-state index contributed by atoms with van der Waals surface area (Å²) in [5.41, 5.74) is -7.78. The number of benzene rings is 4. The Morgan fingerprint density at radius 2 is 0.987 bits per heavy atom. The summed E-state index contributed by atoms with van der Waals surface area (Å²) in [6.45, 7) is 11.5. The lowest BCUT2D eigenvalue weighted by atomic mass is 9.76. The highest BCUT2D eigenvalue weighted by Crippen LogP contribution is 2.39. The number of hydrogen-bond donors (Lipinski definition) is 4. The molecule has 2 fully saturated rings. The van der Waals surface area contributed by atoms with Gasteiger partial charge in [0.05, 0.1) is 34.4 Å². The van der Waals surface area contributed by atoms with Gasteiger partial charge in [0.25, 0.3) is 11.8 Å². The van der Waals surface area contributed by atoms with Crippen molar-refractivity contribution in [2.75, 3.05) is 36.8 Å². The third-order valence-corrected chi connectivity index (χ3v) is 14.4. The molecule has 2 atom stereocenters. The maximum Gasteiger partial charge on any atom is 0.417 e. The fraction of sp³-hybridized carbons (Fsp3) is 0.444. The lowest BCUT2D eigenvalue weighted by molar-refractivity contribution is -0.142. The first-order valence-electron chi connectivity index (χ1n) is 24.0. The van der Waals surface area contributed by atoms with Gasteiger partial charge in [-0.3, -0.25) is 9.59 Å². The number of rotatable bonds is 10. The van der Waals surface area contributed by atoms with Gasteiger partial charge < -0.3 is 40.1 Å². The van der Waals surface area contributed by atoms with Gasteiger partial charge >= 0.3 is 24.5 Å². The molecule has 6 rings (SSSR count). The predicted molar refractivity (Wildman–Crippen MR) is 286 cm³/mol. The van der Waals surface area contributed by atoms with Crippen molar-refractivity contribution in [2.24, 2.45) is 11.8 Å². The lowest BCUT2D eigenvalue weighted by Gasteiger charge is -2.41. The average Bonchev–Trinajstić information content (AvgIpc) is 3.34. The van der Waals surface area contributed by atoms with E-state index in [9.17, 15) is 55.7 Å². The Balaban J connectivity index is 0.000000281. The van der Waals surface area contributed by atoms with Crippen LogP contribution in [0.2, 0.25) is 0 Å². The first-order valence-corrected chi connectivity index (χ1v) is 26.2. The Morgan fingerprint density at radius 1 is 0.605 bits per heavy atom. The minimum atomic E-state index is -4.79. The molecule has 4 aromatic rings. The zero-order valence-electron chi connectivity index (χ0n) is 42.5. The van der Waals surface area contributed by atoms with E-state index in [-0.39, 0.29) is 76.1 Å². The normalized spacial score (nSPS) is 16.3. The van der Waals surface area contributed by atoms with Crippen LogP contribution in [-0.4, -0.2) is 92.6 Å². The van der Waals surface area contributed by atoms with Crippen LogP contribution < -0.4 is 10.6 Å². The monoisotopic (exact) mass is 1290 g/mol. The first-order chi connectivity index (χ1) is 35.3. The second-order valence-corrected chi connectivity index (χ2v) is 23.0. The van der Waals surface area contributed by atoms with Crippen LogP contribution in [0.5, 0.6) is 0 Å². The van der Waals surface area contributed by atoms with Crippen molar-refractivity contribution < 1.29 is 65.2 Å². The van der Waals surface area contributed by atoms with Gasteiger partial charge in [0.15, 0.2) is 0 Å². The maximum absolute atomic E-state index is 13.6. The molecule has 4 aromatic carbocycles. The van der Waals surface area contributed by atoms with E-state index >= 15 is 0 Å². The Morgan fingerprint density at radius 3 is 1.34 bits per heavy atom. The van der Waals surface area contributed by atoms with Crippen LogP contribution in [0.15, 0.2) is 84.9 Å². The van der Waals surface area contributed by atoms with Gasteiger partial charge in [-0.25, -0.2) is 9.59 Å². The molecular formula is C54H58F6I2N6O8. The zero-order valence-corrected chi connectivity index (χ0v) is 46.8. The van der Waals surface area contributed by atoms with Crippen molar-refractivity contribution in [2.45, 2.75) is 115 Å². The topological polar surface area (TPSA) is 205 Å². The van der Waals surface area contributed by atoms with Crippen LogP contribution >= 0.6 is 45.2 Å². The number of nitrogens with zero attached hydrogens (tertiary/aromatic N) is 4. The number of nitrogens with one attached hydrogen (secondary N) is 2. The summed E-state index contributed by atoms with van der Waals surface area (Å²) in [7, 11) is 0. The molecule has 0 spiro atoms. The summed E-state index contributed by atoms with van der Waals surface area (Å²) >= 11 is 4.23.